The smallest absolute Gasteiger partial charge is 0.240 e. The summed E-state index contributed by atoms with van der Waals surface area (Å²) < 4.78 is 0. The lowest BCUT2D eigenvalue weighted by atomic mass is 10.1. The molecule has 0 aliphatic heterocycles. The fraction of sp³-hybridized carbons (Fsp3) is 0.619. The molecule has 3 nitrogen and oxygen atoms in total. The second kappa shape index (κ2) is 13.8. The molecular weight excluding hydrogens is 296 g/mol. The zero-order valence-electron chi connectivity index (χ0n) is 15.5. The van der Waals surface area contributed by atoms with Gasteiger partial charge in [-0.2, -0.15) is 5.10 Å². The normalized spacial score (nSPS) is 11.5. The van der Waals surface area contributed by atoms with Crippen LogP contribution in [0.5, 0.6) is 0 Å². The highest BCUT2D eigenvalue weighted by atomic mass is 16.2. The van der Waals surface area contributed by atoms with Crippen LogP contribution in [0.15, 0.2) is 35.4 Å². The molecule has 0 aliphatic carbocycles. The molecule has 3 heteroatoms. The highest BCUT2D eigenvalue weighted by Gasteiger charge is 2.05. The molecule has 1 N–H and O–H groups in total. The van der Waals surface area contributed by atoms with E-state index in [0.717, 1.165) is 43.4 Å². The molecule has 134 valence electrons. The minimum absolute atomic E-state index is 0.0356. The van der Waals surface area contributed by atoms with E-state index in [-0.39, 0.29) is 5.91 Å². The third-order valence-corrected chi connectivity index (χ3v) is 4.20. The van der Waals surface area contributed by atoms with Crippen LogP contribution in [-0.4, -0.2) is 11.6 Å². The SMILES string of the molecule is CCCCCCCCCC(=O)N/N=C(\CCCC)c1ccccc1. The molecule has 0 aromatic heterocycles. The van der Waals surface area contributed by atoms with Crippen molar-refractivity contribution >= 4 is 11.6 Å². The van der Waals surface area contributed by atoms with Gasteiger partial charge in [-0.15, -0.1) is 0 Å². The first-order chi connectivity index (χ1) is 11.8. The number of benzene rings is 1. The van der Waals surface area contributed by atoms with E-state index in [9.17, 15) is 4.79 Å². The molecular formula is C21H34N2O. The predicted molar refractivity (Wildman–Crippen MR) is 103 cm³/mol. The quantitative estimate of drug-likeness (QED) is 0.275. The van der Waals surface area contributed by atoms with E-state index >= 15 is 0 Å². The van der Waals surface area contributed by atoms with Crippen LogP contribution in [-0.2, 0) is 4.79 Å². The second-order valence-electron chi connectivity index (χ2n) is 6.43. The summed E-state index contributed by atoms with van der Waals surface area (Å²) >= 11 is 0. The standard InChI is InChI=1S/C21H34N2O/c1-3-5-7-8-9-10-14-18-21(24)23-22-20(17-6-4-2)19-15-12-11-13-16-19/h11-13,15-16H,3-10,14,17-18H2,1-2H3,(H,23,24)/b22-20+. The maximum Gasteiger partial charge on any atom is 0.240 e. The Bertz CT molecular complexity index is 468. The Kier molecular flexibility index (Phi) is 11.7. The van der Waals surface area contributed by atoms with Crippen molar-refractivity contribution < 1.29 is 4.79 Å². The molecule has 1 aromatic carbocycles. The van der Waals surface area contributed by atoms with Crippen molar-refractivity contribution in [1.82, 2.24) is 5.43 Å². The first-order valence-electron chi connectivity index (χ1n) is 9.68. The largest absolute Gasteiger partial charge is 0.273 e. The third-order valence-electron chi connectivity index (χ3n) is 4.20. The second-order valence-corrected chi connectivity index (χ2v) is 6.43. The number of nitrogens with one attached hydrogen (secondary N) is 1. The van der Waals surface area contributed by atoms with Crippen LogP contribution in [0.1, 0.15) is 90.0 Å². The summed E-state index contributed by atoms with van der Waals surface area (Å²) in [6.45, 7) is 4.40. The number of hydrazone groups is 1. The monoisotopic (exact) mass is 330 g/mol. The topological polar surface area (TPSA) is 41.5 Å². The lowest BCUT2D eigenvalue weighted by Gasteiger charge is -2.07. The van der Waals surface area contributed by atoms with Gasteiger partial charge < -0.3 is 0 Å². The molecule has 0 atom stereocenters. The Labute approximate surface area is 147 Å². The fourth-order valence-corrected chi connectivity index (χ4v) is 2.67. The number of rotatable bonds is 13. The van der Waals surface area contributed by atoms with Gasteiger partial charge >= 0.3 is 0 Å². The lowest BCUT2D eigenvalue weighted by molar-refractivity contribution is -0.121. The van der Waals surface area contributed by atoms with Crippen molar-refractivity contribution in [1.29, 1.82) is 0 Å². The fourth-order valence-electron chi connectivity index (χ4n) is 2.67. The number of hydrogen-bond acceptors (Lipinski definition) is 2. The van der Waals surface area contributed by atoms with Crippen LogP contribution in [0.3, 0.4) is 0 Å². The van der Waals surface area contributed by atoms with E-state index in [0.29, 0.717) is 6.42 Å². The van der Waals surface area contributed by atoms with Crippen LogP contribution < -0.4 is 5.43 Å². The molecule has 0 saturated carbocycles. The number of hydrogen-bond donors (Lipinski definition) is 1. The minimum Gasteiger partial charge on any atom is -0.273 e. The summed E-state index contributed by atoms with van der Waals surface area (Å²) in [5, 5.41) is 4.39. The van der Waals surface area contributed by atoms with Crippen LogP contribution in [0.4, 0.5) is 0 Å². The summed E-state index contributed by atoms with van der Waals surface area (Å²) in [4.78, 5) is 12.0. The average Bonchev–Trinajstić information content (AvgIpc) is 2.62. The molecule has 0 bridgehead atoms. The van der Waals surface area contributed by atoms with E-state index in [1.54, 1.807) is 0 Å². The summed E-state index contributed by atoms with van der Waals surface area (Å²) in [6, 6.07) is 10.1. The van der Waals surface area contributed by atoms with Crippen molar-refractivity contribution in [3.63, 3.8) is 0 Å². The van der Waals surface area contributed by atoms with Crippen molar-refractivity contribution in [2.75, 3.05) is 0 Å². The summed E-state index contributed by atoms with van der Waals surface area (Å²) in [5.74, 6) is 0.0356. The van der Waals surface area contributed by atoms with E-state index in [1.165, 1.54) is 32.1 Å². The Morgan fingerprint density at radius 2 is 1.46 bits per heavy atom. The number of carbonyl (C=O) groups is 1. The highest BCUT2D eigenvalue weighted by molar-refractivity contribution is 6.01. The van der Waals surface area contributed by atoms with Crippen molar-refractivity contribution in [2.24, 2.45) is 5.10 Å². The first kappa shape index (κ1) is 20.4. The molecule has 0 saturated heterocycles. The van der Waals surface area contributed by atoms with E-state index in [2.05, 4.69) is 36.5 Å². The molecule has 0 heterocycles. The van der Waals surface area contributed by atoms with E-state index in [1.807, 2.05) is 18.2 Å². The van der Waals surface area contributed by atoms with Crippen LogP contribution in [0, 0.1) is 0 Å². The van der Waals surface area contributed by atoms with Crippen molar-refractivity contribution in [2.45, 2.75) is 84.5 Å². The molecule has 1 aromatic rings. The number of unbranched alkanes of at least 4 members (excludes halogenated alkanes) is 7. The van der Waals surface area contributed by atoms with Gasteiger partial charge in [-0.1, -0.05) is 89.1 Å². The van der Waals surface area contributed by atoms with Gasteiger partial charge in [0, 0.05) is 6.42 Å². The molecule has 1 amide bonds. The number of amides is 1. The van der Waals surface area contributed by atoms with Gasteiger partial charge in [0.15, 0.2) is 0 Å². The Morgan fingerprint density at radius 1 is 0.833 bits per heavy atom. The zero-order chi connectivity index (χ0) is 17.5. The minimum atomic E-state index is 0.0356. The van der Waals surface area contributed by atoms with Crippen LogP contribution >= 0.6 is 0 Å². The summed E-state index contributed by atoms with van der Waals surface area (Å²) in [6.07, 6.45) is 12.3. The third kappa shape index (κ3) is 9.49. The van der Waals surface area contributed by atoms with Crippen molar-refractivity contribution in [3.05, 3.63) is 35.9 Å². The summed E-state index contributed by atoms with van der Waals surface area (Å²) in [7, 11) is 0. The van der Waals surface area contributed by atoms with Crippen molar-refractivity contribution in [3.8, 4) is 0 Å². The Morgan fingerprint density at radius 3 is 2.12 bits per heavy atom. The Balaban J connectivity index is 2.33. The van der Waals surface area contributed by atoms with Crippen LogP contribution in [0.25, 0.3) is 0 Å². The lowest BCUT2D eigenvalue weighted by Crippen LogP contribution is -2.19. The average molecular weight is 331 g/mol. The number of nitrogens with zero attached hydrogens (tertiary/aromatic N) is 1. The van der Waals surface area contributed by atoms with Gasteiger partial charge in [0.2, 0.25) is 5.91 Å². The summed E-state index contributed by atoms with van der Waals surface area (Å²) in [5.41, 5.74) is 4.83. The van der Waals surface area contributed by atoms with Gasteiger partial charge in [0.1, 0.15) is 0 Å². The Hall–Kier alpha value is -1.64. The van der Waals surface area contributed by atoms with Gasteiger partial charge in [-0.05, 0) is 24.8 Å². The molecule has 0 radical (unpaired) electrons. The maximum atomic E-state index is 12.0. The zero-order valence-corrected chi connectivity index (χ0v) is 15.5. The molecule has 0 unspecified atom stereocenters. The number of carbonyl (C=O) groups excluding carboxylic acids is 1. The predicted octanol–water partition coefficient (Wildman–Crippen LogP) is 5.84. The van der Waals surface area contributed by atoms with E-state index in [4.69, 9.17) is 0 Å². The molecule has 1 rings (SSSR count). The van der Waals surface area contributed by atoms with E-state index < -0.39 is 0 Å². The molecule has 0 spiro atoms. The van der Waals surface area contributed by atoms with Gasteiger partial charge in [0.05, 0.1) is 5.71 Å². The maximum absolute atomic E-state index is 12.0. The van der Waals surface area contributed by atoms with Crippen LogP contribution in [0.2, 0.25) is 0 Å². The highest BCUT2D eigenvalue weighted by Crippen LogP contribution is 2.09. The molecule has 0 fully saturated rings. The molecule has 0 aliphatic rings. The van der Waals surface area contributed by atoms with Gasteiger partial charge in [0.25, 0.3) is 0 Å². The van der Waals surface area contributed by atoms with Gasteiger partial charge in [-0.3, -0.25) is 4.79 Å². The van der Waals surface area contributed by atoms with Gasteiger partial charge in [-0.25, -0.2) is 5.43 Å². The molecule has 24 heavy (non-hydrogen) atoms. The first-order valence-corrected chi connectivity index (χ1v) is 9.68.